The first-order valence-electron chi connectivity index (χ1n) is 9.34. The third-order valence-electron chi connectivity index (χ3n) is 4.66. The minimum atomic E-state index is -0.447. The van der Waals surface area contributed by atoms with Crippen LogP contribution in [0.25, 0.3) is 5.69 Å². The van der Waals surface area contributed by atoms with E-state index in [4.69, 9.17) is 0 Å². The van der Waals surface area contributed by atoms with Gasteiger partial charge in [0.05, 0.1) is 22.8 Å². The number of carbonyl (C=O) groups excluding carboxylic acids is 1. The van der Waals surface area contributed by atoms with Gasteiger partial charge in [0.1, 0.15) is 5.69 Å². The van der Waals surface area contributed by atoms with Crippen LogP contribution in [0.5, 0.6) is 0 Å². The van der Waals surface area contributed by atoms with Crippen LogP contribution in [0, 0.1) is 17.0 Å². The number of para-hydroxylation sites is 3. The molecule has 0 aliphatic carbocycles. The molecule has 0 spiro atoms. The summed E-state index contributed by atoms with van der Waals surface area (Å²) in [7, 11) is 0. The average molecular weight is 393 g/mol. The van der Waals surface area contributed by atoms with Crippen molar-refractivity contribution >= 4 is 17.3 Å². The van der Waals surface area contributed by atoms with Crippen LogP contribution < -0.4 is 10.6 Å². The van der Waals surface area contributed by atoms with E-state index in [1.165, 1.54) is 6.07 Å². The first kappa shape index (κ1) is 20.1. The third kappa shape index (κ3) is 4.78. The Kier molecular flexibility index (Phi) is 6.23. The quantitative estimate of drug-likeness (QED) is 0.448. The molecule has 1 amide bonds. The number of carbonyl (C=O) groups is 1. The second kappa shape index (κ2) is 9.01. The summed E-state index contributed by atoms with van der Waals surface area (Å²) in [4.78, 5) is 22.9. The topological polar surface area (TPSA) is 102 Å². The van der Waals surface area contributed by atoms with Gasteiger partial charge in [0.25, 0.3) is 5.69 Å². The van der Waals surface area contributed by atoms with Crippen molar-refractivity contribution in [2.45, 2.75) is 26.3 Å². The fraction of sp³-hybridized carbons (Fsp3) is 0.238. The Morgan fingerprint density at radius 3 is 2.59 bits per heavy atom. The van der Waals surface area contributed by atoms with E-state index in [0.29, 0.717) is 12.2 Å². The molecule has 1 heterocycles. The predicted octanol–water partition coefficient (Wildman–Crippen LogP) is 3.77. The number of anilines is 1. The lowest BCUT2D eigenvalue weighted by Crippen LogP contribution is -2.28. The van der Waals surface area contributed by atoms with Crippen molar-refractivity contribution in [1.29, 1.82) is 0 Å². The van der Waals surface area contributed by atoms with Gasteiger partial charge < -0.3 is 10.6 Å². The summed E-state index contributed by atoms with van der Waals surface area (Å²) in [6.07, 6.45) is 1.96. The Labute approximate surface area is 168 Å². The van der Waals surface area contributed by atoms with Gasteiger partial charge in [-0.25, -0.2) is 4.68 Å². The average Bonchev–Trinajstić information content (AvgIpc) is 3.10. The summed E-state index contributed by atoms with van der Waals surface area (Å²) < 4.78 is 1.84. The maximum Gasteiger partial charge on any atom is 0.292 e. The van der Waals surface area contributed by atoms with Crippen LogP contribution in [0.1, 0.15) is 30.6 Å². The molecule has 0 bridgehead atoms. The smallest absolute Gasteiger partial charge is 0.292 e. The van der Waals surface area contributed by atoms with Crippen LogP contribution in [0.3, 0.4) is 0 Å². The van der Waals surface area contributed by atoms with Crippen LogP contribution in [0.4, 0.5) is 11.4 Å². The Bertz CT molecular complexity index is 1000. The Morgan fingerprint density at radius 1 is 1.17 bits per heavy atom. The van der Waals surface area contributed by atoms with Gasteiger partial charge in [0.2, 0.25) is 5.91 Å². The number of hydrogen-bond donors (Lipinski definition) is 2. The summed E-state index contributed by atoms with van der Waals surface area (Å²) in [5.74, 6) is -0.143. The van der Waals surface area contributed by atoms with E-state index in [1.807, 2.05) is 48.9 Å². The molecule has 8 nitrogen and oxygen atoms in total. The molecule has 150 valence electrons. The highest BCUT2D eigenvalue weighted by Crippen LogP contribution is 2.23. The molecule has 0 aliphatic rings. The maximum absolute atomic E-state index is 12.3. The van der Waals surface area contributed by atoms with Crippen LogP contribution in [-0.2, 0) is 4.79 Å². The lowest BCUT2D eigenvalue weighted by molar-refractivity contribution is -0.384. The van der Waals surface area contributed by atoms with Gasteiger partial charge >= 0.3 is 0 Å². The van der Waals surface area contributed by atoms with Gasteiger partial charge in [-0.1, -0.05) is 30.3 Å². The SMILES string of the molecule is Cc1c(C(C)NC(=O)CCNc2ccccc2[N+](=O)[O-])cnn1-c1ccccc1. The summed E-state index contributed by atoms with van der Waals surface area (Å²) in [6.45, 7) is 4.17. The molecule has 29 heavy (non-hydrogen) atoms. The van der Waals surface area contributed by atoms with Gasteiger partial charge in [-0.05, 0) is 32.0 Å². The molecule has 3 rings (SSSR count). The molecule has 1 atom stereocenters. The molecule has 1 unspecified atom stereocenters. The highest BCUT2D eigenvalue weighted by molar-refractivity contribution is 5.77. The number of aromatic nitrogens is 2. The monoisotopic (exact) mass is 393 g/mol. The van der Waals surface area contributed by atoms with Crippen LogP contribution in [0.2, 0.25) is 0 Å². The second-order valence-corrected chi connectivity index (χ2v) is 6.67. The maximum atomic E-state index is 12.3. The lowest BCUT2D eigenvalue weighted by Gasteiger charge is -2.14. The van der Waals surface area contributed by atoms with E-state index in [2.05, 4.69) is 15.7 Å². The highest BCUT2D eigenvalue weighted by atomic mass is 16.6. The number of amides is 1. The molecule has 2 N–H and O–H groups in total. The van der Waals surface area contributed by atoms with Gasteiger partial charge in [-0.2, -0.15) is 5.10 Å². The molecule has 0 fully saturated rings. The first-order valence-corrected chi connectivity index (χ1v) is 9.34. The first-order chi connectivity index (χ1) is 14.0. The summed E-state index contributed by atoms with van der Waals surface area (Å²) in [6, 6.07) is 16.0. The number of nitro benzene ring substituents is 1. The minimum absolute atomic E-state index is 0.00905. The largest absolute Gasteiger partial charge is 0.379 e. The Balaban J connectivity index is 1.56. The molecular formula is C21H23N5O3. The minimum Gasteiger partial charge on any atom is -0.379 e. The lowest BCUT2D eigenvalue weighted by atomic mass is 10.1. The molecule has 0 saturated heterocycles. The highest BCUT2D eigenvalue weighted by Gasteiger charge is 2.17. The summed E-state index contributed by atoms with van der Waals surface area (Å²) >= 11 is 0. The molecule has 0 saturated carbocycles. The number of benzene rings is 2. The number of nitro groups is 1. The Hall–Kier alpha value is -3.68. The van der Waals surface area contributed by atoms with Crippen molar-refractivity contribution in [2.24, 2.45) is 0 Å². The van der Waals surface area contributed by atoms with Crippen molar-refractivity contribution < 1.29 is 9.72 Å². The molecule has 3 aromatic rings. The standard InChI is InChI=1S/C21H23N5O3/c1-15(18-14-23-25(16(18)2)17-8-4-3-5-9-17)24-21(27)12-13-22-19-10-6-7-11-20(19)26(28)29/h3-11,14-15,22H,12-13H2,1-2H3,(H,24,27). The van der Waals surface area contributed by atoms with E-state index in [1.54, 1.807) is 24.4 Å². The molecule has 8 heteroatoms. The molecule has 1 aromatic heterocycles. The van der Waals surface area contributed by atoms with Gasteiger partial charge in [0, 0.05) is 30.3 Å². The van der Waals surface area contributed by atoms with E-state index in [-0.39, 0.29) is 24.1 Å². The molecule has 0 aliphatic heterocycles. The zero-order valence-electron chi connectivity index (χ0n) is 16.3. The van der Waals surface area contributed by atoms with E-state index in [9.17, 15) is 14.9 Å². The van der Waals surface area contributed by atoms with Crippen LogP contribution in [0.15, 0.2) is 60.8 Å². The summed E-state index contributed by atoms with van der Waals surface area (Å²) in [5, 5.41) is 21.4. The van der Waals surface area contributed by atoms with E-state index < -0.39 is 4.92 Å². The van der Waals surface area contributed by atoms with Crippen molar-refractivity contribution in [3.63, 3.8) is 0 Å². The van der Waals surface area contributed by atoms with Crippen molar-refractivity contribution in [3.8, 4) is 5.69 Å². The zero-order chi connectivity index (χ0) is 20.8. The second-order valence-electron chi connectivity index (χ2n) is 6.67. The van der Waals surface area contributed by atoms with Crippen molar-refractivity contribution in [2.75, 3.05) is 11.9 Å². The number of rotatable bonds is 8. The van der Waals surface area contributed by atoms with E-state index in [0.717, 1.165) is 16.9 Å². The molecular weight excluding hydrogens is 370 g/mol. The Morgan fingerprint density at radius 2 is 1.86 bits per heavy atom. The summed E-state index contributed by atoms with van der Waals surface area (Å²) in [5.41, 5.74) is 3.25. The fourth-order valence-corrected chi connectivity index (χ4v) is 3.16. The molecule has 2 aromatic carbocycles. The number of hydrogen-bond acceptors (Lipinski definition) is 5. The normalized spacial score (nSPS) is 11.7. The van der Waals surface area contributed by atoms with Gasteiger partial charge in [-0.15, -0.1) is 0 Å². The molecule has 0 radical (unpaired) electrons. The van der Waals surface area contributed by atoms with Crippen LogP contribution in [-0.4, -0.2) is 27.2 Å². The predicted molar refractivity (Wildman–Crippen MR) is 111 cm³/mol. The van der Waals surface area contributed by atoms with Crippen molar-refractivity contribution in [1.82, 2.24) is 15.1 Å². The number of nitrogens with one attached hydrogen (secondary N) is 2. The van der Waals surface area contributed by atoms with Gasteiger partial charge in [-0.3, -0.25) is 14.9 Å². The van der Waals surface area contributed by atoms with Crippen molar-refractivity contribution in [3.05, 3.63) is 82.2 Å². The third-order valence-corrected chi connectivity index (χ3v) is 4.66. The zero-order valence-corrected chi connectivity index (χ0v) is 16.3. The van der Waals surface area contributed by atoms with E-state index >= 15 is 0 Å². The van der Waals surface area contributed by atoms with Gasteiger partial charge in [0.15, 0.2) is 0 Å². The van der Waals surface area contributed by atoms with Crippen LogP contribution >= 0.6 is 0 Å². The fourth-order valence-electron chi connectivity index (χ4n) is 3.16. The number of nitrogens with zero attached hydrogens (tertiary/aromatic N) is 3.